The fraction of sp³-hybridized carbons (Fsp3) is 0.143. The topological polar surface area (TPSA) is 54.6 Å². The Bertz CT molecular complexity index is 573. The molecule has 1 N–H and O–H groups in total. The summed E-state index contributed by atoms with van der Waals surface area (Å²) in [5.74, 6) is 0.609. The van der Waals surface area contributed by atoms with E-state index in [1.807, 2.05) is 30.3 Å². The van der Waals surface area contributed by atoms with Gasteiger partial charge in [-0.05, 0) is 12.1 Å². The van der Waals surface area contributed by atoms with Crippen molar-refractivity contribution in [3.05, 3.63) is 60.1 Å². The van der Waals surface area contributed by atoms with Crippen LogP contribution >= 0.6 is 0 Å². The number of nitrogens with zero attached hydrogens (tertiary/aromatic N) is 1. The van der Waals surface area contributed by atoms with Gasteiger partial charge in [0.1, 0.15) is 11.5 Å². The van der Waals surface area contributed by atoms with Gasteiger partial charge in [-0.15, -0.1) is 0 Å². The van der Waals surface area contributed by atoms with Crippen molar-refractivity contribution >= 4 is 11.5 Å². The van der Waals surface area contributed by atoms with E-state index in [1.165, 1.54) is 0 Å². The first-order valence-electron chi connectivity index (χ1n) is 5.80. The highest BCUT2D eigenvalue weighted by molar-refractivity contribution is 6.48. The van der Waals surface area contributed by atoms with Crippen LogP contribution in [0.15, 0.2) is 58.2 Å². The van der Waals surface area contributed by atoms with E-state index in [1.54, 1.807) is 18.4 Å². The Kier molecular flexibility index (Phi) is 2.68. The molecule has 4 heteroatoms. The minimum atomic E-state index is -0.104. The second-order valence-corrected chi connectivity index (χ2v) is 4.12. The van der Waals surface area contributed by atoms with Crippen molar-refractivity contribution in [1.82, 2.24) is 5.43 Å². The fourth-order valence-corrected chi connectivity index (χ4v) is 2.07. The van der Waals surface area contributed by atoms with Crippen molar-refractivity contribution < 1.29 is 9.21 Å². The van der Waals surface area contributed by atoms with Gasteiger partial charge in [-0.3, -0.25) is 4.79 Å². The SMILES string of the molecule is O=C(C1=NNC[C@H]1c1ccco1)c1ccccc1. The number of hydrogen-bond donors (Lipinski definition) is 1. The Morgan fingerprint density at radius 3 is 2.78 bits per heavy atom. The minimum absolute atomic E-state index is 0.0537. The molecule has 2 heterocycles. The molecular weight excluding hydrogens is 228 g/mol. The Balaban J connectivity index is 1.90. The first kappa shape index (κ1) is 10.8. The van der Waals surface area contributed by atoms with Gasteiger partial charge in [0.05, 0.1) is 12.2 Å². The molecule has 1 aromatic carbocycles. The van der Waals surface area contributed by atoms with Crippen LogP contribution in [-0.4, -0.2) is 18.0 Å². The number of carbonyl (C=O) groups excluding carboxylic acids is 1. The van der Waals surface area contributed by atoms with Gasteiger partial charge in [0, 0.05) is 12.1 Å². The van der Waals surface area contributed by atoms with E-state index in [0.717, 1.165) is 5.76 Å². The summed E-state index contributed by atoms with van der Waals surface area (Å²) < 4.78 is 5.36. The lowest BCUT2D eigenvalue weighted by molar-refractivity contribution is 0.106. The van der Waals surface area contributed by atoms with Gasteiger partial charge in [-0.2, -0.15) is 5.10 Å². The molecule has 0 saturated heterocycles. The second kappa shape index (κ2) is 4.49. The third-order valence-electron chi connectivity index (χ3n) is 2.98. The monoisotopic (exact) mass is 240 g/mol. The highest BCUT2D eigenvalue weighted by Gasteiger charge is 2.31. The van der Waals surface area contributed by atoms with Gasteiger partial charge in [0.2, 0.25) is 5.78 Å². The number of rotatable bonds is 3. The van der Waals surface area contributed by atoms with Crippen LogP contribution in [-0.2, 0) is 0 Å². The first-order valence-corrected chi connectivity index (χ1v) is 5.80. The van der Waals surface area contributed by atoms with Crippen LogP contribution in [0.4, 0.5) is 0 Å². The molecule has 3 rings (SSSR count). The van der Waals surface area contributed by atoms with Crippen molar-refractivity contribution in [2.24, 2.45) is 5.10 Å². The standard InChI is InChI=1S/C14H12N2O2/c17-14(10-5-2-1-3-6-10)13-11(9-15-16-13)12-7-4-8-18-12/h1-8,11,15H,9H2/t11-/m0/s1. The summed E-state index contributed by atoms with van der Waals surface area (Å²) in [4.78, 5) is 12.3. The first-order chi connectivity index (χ1) is 8.86. The average Bonchev–Trinajstić information content (AvgIpc) is 3.09. The molecule has 2 aromatic rings. The van der Waals surface area contributed by atoms with Gasteiger partial charge >= 0.3 is 0 Å². The predicted molar refractivity (Wildman–Crippen MR) is 67.7 cm³/mol. The van der Waals surface area contributed by atoms with Crippen molar-refractivity contribution in [2.75, 3.05) is 6.54 Å². The summed E-state index contributed by atoms with van der Waals surface area (Å²) in [5.41, 5.74) is 4.03. The molecule has 0 unspecified atom stereocenters. The molecule has 0 radical (unpaired) electrons. The van der Waals surface area contributed by atoms with E-state index in [2.05, 4.69) is 10.5 Å². The molecule has 1 aliphatic heterocycles. The maximum Gasteiger partial charge on any atom is 0.209 e. The van der Waals surface area contributed by atoms with E-state index in [-0.39, 0.29) is 11.7 Å². The van der Waals surface area contributed by atoms with Crippen LogP contribution in [0, 0.1) is 0 Å². The molecule has 1 aliphatic rings. The third-order valence-corrected chi connectivity index (χ3v) is 2.98. The summed E-state index contributed by atoms with van der Waals surface area (Å²) >= 11 is 0. The Labute approximate surface area is 104 Å². The van der Waals surface area contributed by atoms with E-state index >= 15 is 0 Å². The Hall–Kier alpha value is -2.36. The van der Waals surface area contributed by atoms with E-state index < -0.39 is 0 Å². The molecular formula is C14H12N2O2. The zero-order chi connectivity index (χ0) is 12.4. The molecule has 18 heavy (non-hydrogen) atoms. The highest BCUT2D eigenvalue weighted by atomic mass is 16.3. The number of furan rings is 1. The van der Waals surface area contributed by atoms with Crippen LogP contribution in [0.3, 0.4) is 0 Å². The van der Waals surface area contributed by atoms with Crippen LogP contribution < -0.4 is 5.43 Å². The summed E-state index contributed by atoms with van der Waals surface area (Å²) in [7, 11) is 0. The molecule has 0 spiro atoms. The van der Waals surface area contributed by atoms with Crippen molar-refractivity contribution in [3.63, 3.8) is 0 Å². The quantitative estimate of drug-likeness (QED) is 0.837. The Morgan fingerprint density at radius 2 is 2.06 bits per heavy atom. The molecule has 0 bridgehead atoms. The zero-order valence-electron chi connectivity index (χ0n) is 9.67. The second-order valence-electron chi connectivity index (χ2n) is 4.12. The number of hydrogen-bond acceptors (Lipinski definition) is 4. The number of carbonyl (C=O) groups is 1. The molecule has 90 valence electrons. The molecule has 1 aromatic heterocycles. The largest absolute Gasteiger partial charge is 0.469 e. The molecule has 0 aliphatic carbocycles. The van der Waals surface area contributed by atoms with E-state index in [0.29, 0.717) is 17.8 Å². The maximum absolute atomic E-state index is 12.3. The number of nitrogens with one attached hydrogen (secondary N) is 1. The predicted octanol–water partition coefficient (Wildman–Crippen LogP) is 2.21. The van der Waals surface area contributed by atoms with Crippen LogP contribution in [0.25, 0.3) is 0 Å². The van der Waals surface area contributed by atoms with E-state index in [4.69, 9.17) is 4.42 Å². The number of hydrazone groups is 1. The third kappa shape index (κ3) is 1.82. The van der Waals surface area contributed by atoms with Gasteiger partial charge in [-0.1, -0.05) is 30.3 Å². The molecule has 0 saturated carbocycles. The summed E-state index contributed by atoms with van der Waals surface area (Å²) in [5, 5.41) is 4.11. The van der Waals surface area contributed by atoms with Crippen molar-refractivity contribution in [3.8, 4) is 0 Å². The van der Waals surface area contributed by atoms with Gasteiger partial charge in [0.25, 0.3) is 0 Å². The highest BCUT2D eigenvalue weighted by Crippen LogP contribution is 2.23. The lowest BCUT2D eigenvalue weighted by atomic mass is 9.95. The summed E-state index contributed by atoms with van der Waals surface area (Å²) in [6.45, 7) is 0.599. The smallest absolute Gasteiger partial charge is 0.209 e. The summed E-state index contributed by atoms with van der Waals surface area (Å²) in [6.07, 6.45) is 1.61. The number of Topliss-reactive ketones (excluding diaryl/α,β-unsaturated/α-hetero) is 1. The zero-order valence-corrected chi connectivity index (χ0v) is 9.67. The van der Waals surface area contributed by atoms with Crippen LogP contribution in [0.1, 0.15) is 22.0 Å². The fourth-order valence-electron chi connectivity index (χ4n) is 2.07. The maximum atomic E-state index is 12.3. The summed E-state index contributed by atoms with van der Waals surface area (Å²) in [6, 6.07) is 12.8. The van der Waals surface area contributed by atoms with E-state index in [9.17, 15) is 4.79 Å². The van der Waals surface area contributed by atoms with Gasteiger partial charge in [0.15, 0.2) is 0 Å². The lowest BCUT2D eigenvalue weighted by Crippen LogP contribution is -2.21. The van der Waals surface area contributed by atoms with Crippen molar-refractivity contribution in [1.29, 1.82) is 0 Å². The normalized spacial score (nSPS) is 18.2. The van der Waals surface area contributed by atoms with Gasteiger partial charge < -0.3 is 9.84 Å². The molecule has 0 amide bonds. The molecule has 0 fully saturated rings. The van der Waals surface area contributed by atoms with Crippen molar-refractivity contribution in [2.45, 2.75) is 5.92 Å². The number of ketones is 1. The average molecular weight is 240 g/mol. The van der Waals surface area contributed by atoms with Crippen LogP contribution in [0.2, 0.25) is 0 Å². The number of benzene rings is 1. The molecule has 1 atom stereocenters. The lowest BCUT2D eigenvalue weighted by Gasteiger charge is -2.07. The molecule has 4 nitrogen and oxygen atoms in total. The van der Waals surface area contributed by atoms with Gasteiger partial charge in [-0.25, -0.2) is 0 Å². The Morgan fingerprint density at radius 1 is 1.22 bits per heavy atom. The van der Waals surface area contributed by atoms with Crippen LogP contribution in [0.5, 0.6) is 0 Å². The minimum Gasteiger partial charge on any atom is -0.469 e.